The molecule has 0 bridgehead atoms. The van der Waals surface area contributed by atoms with Gasteiger partial charge in [-0.05, 0) is 34.8 Å². The van der Waals surface area contributed by atoms with Gasteiger partial charge in [-0.25, -0.2) is 0 Å². The third-order valence-electron chi connectivity index (χ3n) is 3.13. The van der Waals surface area contributed by atoms with Crippen molar-refractivity contribution in [2.45, 2.75) is 31.7 Å². The first-order chi connectivity index (χ1) is 8.22. The normalized spacial score (nSPS) is 21.3. The molecule has 94 valence electrons. The van der Waals surface area contributed by atoms with E-state index in [1.54, 1.807) is 11.3 Å². The van der Waals surface area contributed by atoms with Crippen molar-refractivity contribution < 1.29 is 4.79 Å². The lowest BCUT2D eigenvalue weighted by atomic mass is 10.1. The molecule has 1 saturated heterocycles. The molecule has 1 amide bonds. The summed E-state index contributed by atoms with van der Waals surface area (Å²) in [6.07, 6.45) is 4.71. The molecule has 0 N–H and O–H groups in total. The van der Waals surface area contributed by atoms with Gasteiger partial charge in [-0.3, -0.25) is 4.79 Å². The lowest BCUT2D eigenvalue weighted by Crippen LogP contribution is -2.40. The highest BCUT2D eigenvalue weighted by molar-refractivity contribution is 9.11. The number of carbonyl (C=O) groups is 1. The molecule has 0 aromatic carbocycles. The van der Waals surface area contributed by atoms with Crippen LogP contribution in [0.25, 0.3) is 0 Å². The summed E-state index contributed by atoms with van der Waals surface area (Å²) in [6.45, 7) is 0.891. The van der Waals surface area contributed by atoms with Gasteiger partial charge in [0.25, 0.3) is 5.91 Å². The number of hydrogen-bond acceptors (Lipinski definition) is 2. The molecule has 1 aromatic rings. The SMILES string of the molecule is O=C(c1csc(Br)c1)N1CCCCCC1CBr. The van der Waals surface area contributed by atoms with Crippen LogP contribution in [0.1, 0.15) is 36.0 Å². The maximum absolute atomic E-state index is 12.4. The van der Waals surface area contributed by atoms with Crippen LogP contribution in [0, 0.1) is 0 Å². The Morgan fingerprint density at radius 1 is 1.47 bits per heavy atom. The van der Waals surface area contributed by atoms with Crippen molar-refractivity contribution in [2.24, 2.45) is 0 Å². The van der Waals surface area contributed by atoms with Crippen molar-refractivity contribution in [3.8, 4) is 0 Å². The van der Waals surface area contributed by atoms with Gasteiger partial charge in [0.2, 0.25) is 0 Å². The van der Waals surface area contributed by atoms with Crippen molar-refractivity contribution in [2.75, 3.05) is 11.9 Å². The highest BCUT2D eigenvalue weighted by Crippen LogP contribution is 2.25. The fourth-order valence-corrected chi connectivity index (χ4v) is 4.00. The molecule has 5 heteroatoms. The number of rotatable bonds is 2. The lowest BCUT2D eigenvalue weighted by Gasteiger charge is -2.28. The van der Waals surface area contributed by atoms with Crippen LogP contribution < -0.4 is 0 Å². The highest BCUT2D eigenvalue weighted by Gasteiger charge is 2.25. The maximum atomic E-state index is 12.4. The number of likely N-dealkylation sites (tertiary alicyclic amines) is 1. The van der Waals surface area contributed by atoms with E-state index in [1.807, 2.05) is 16.3 Å². The van der Waals surface area contributed by atoms with Crippen molar-refractivity contribution in [3.63, 3.8) is 0 Å². The van der Waals surface area contributed by atoms with Crippen LogP contribution >= 0.6 is 43.2 Å². The summed E-state index contributed by atoms with van der Waals surface area (Å²) >= 11 is 8.51. The predicted octanol–water partition coefficient (Wildman–Crippen LogP) is 4.29. The zero-order valence-corrected chi connectivity index (χ0v) is 13.5. The standard InChI is InChI=1S/C12H15Br2NOS/c13-7-10-4-2-1-3-5-15(10)12(16)9-6-11(14)17-8-9/h6,8,10H,1-5,7H2. The molecule has 1 atom stereocenters. The second kappa shape index (κ2) is 6.34. The molecule has 0 radical (unpaired) electrons. The minimum atomic E-state index is 0.179. The molecular formula is C12H15Br2NOS. The van der Waals surface area contributed by atoms with E-state index in [4.69, 9.17) is 0 Å². The summed E-state index contributed by atoms with van der Waals surface area (Å²) in [7, 11) is 0. The quantitative estimate of drug-likeness (QED) is 0.700. The molecule has 0 saturated carbocycles. The Bertz CT molecular complexity index is 394. The summed E-state index contributed by atoms with van der Waals surface area (Å²) in [5, 5.41) is 2.81. The van der Waals surface area contributed by atoms with Crippen molar-refractivity contribution in [3.05, 3.63) is 20.8 Å². The largest absolute Gasteiger partial charge is 0.335 e. The van der Waals surface area contributed by atoms with E-state index in [0.29, 0.717) is 6.04 Å². The zero-order valence-electron chi connectivity index (χ0n) is 9.49. The Kier molecular flexibility index (Phi) is 5.06. The Hall–Kier alpha value is 0.130. The molecule has 1 unspecified atom stereocenters. The maximum Gasteiger partial charge on any atom is 0.255 e. The first-order valence-electron chi connectivity index (χ1n) is 5.83. The summed E-state index contributed by atoms with van der Waals surface area (Å²) in [5.74, 6) is 0.179. The minimum absolute atomic E-state index is 0.179. The van der Waals surface area contributed by atoms with Crippen LogP contribution in [0.2, 0.25) is 0 Å². The highest BCUT2D eigenvalue weighted by atomic mass is 79.9. The van der Waals surface area contributed by atoms with Gasteiger partial charge < -0.3 is 4.90 Å². The van der Waals surface area contributed by atoms with E-state index in [1.165, 1.54) is 12.8 Å². The van der Waals surface area contributed by atoms with Crippen LogP contribution in [0.15, 0.2) is 15.2 Å². The number of halogens is 2. The predicted molar refractivity (Wildman–Crippen MR) is 79.1 cm³/mol. The topological polar surface area (TPSA) is 20.3 Å². The fourth-order valence-electron chi connectivity index (χ4n) is 2.19. The van der Waals surface area contributed by atoms with Crippen LogP contribution in [0.5, 0.6) is 0 Å². The van der Waals surface area contributed by atoms with E-state index < -0.39 is 0 Å². The van der Waals surface area contributed by atoms with Gasteiger partial charge in [-0.1, -0.05) is 28.8 Å². The van der Waals surface area contributed by atoms with Gasteiger partial charge in [0, 0.05) is 23.3 Å². The molecule has 1 aliphatic rings. The van der Waals surface area contributed by atoms with Gasteiger partial charge in [-0.15, -0.1) is 11.3 Å². The van der Waals surface area contributed by atoms with Gasteiger partial charge in [0.05, 0.1) is 9.35 Å². The average molecular weight is 381 g/mol. The third-order valence-corrected chi connectivity index (χ3v) is 5.38. The molecule has 2 rings (SSSR count). The van der Waals surface area contributed by atoms with Crippen LogP contribution in [0.3, 0.4) is 0 Å². The van der Waals surface area contributed by atoms with Crippen molar-refractivity contribution in [1.29, 1.82) is 0 Å². The van der Waals surface area contributed by atoms with Gasteiger partial charge in [0.15, 0.2) is 0 Å². The molecular weight excluding hydrogens is 366 g/mol. The molecule has 1 aromatic heterocycles. The van der Waals surface area contributed by atoms with Crippen molar-refractivity contribution in [1.82, 2.24) is 4.90 Å². The van der Waals surface area contributed by atoms with E-state index >= 15 is 0 Å². The number of hydrogen-bond donors (Lipinski definition) is 0. The van der Waals surface area contributed by atoms with E-state index in [-0.39, 0.29) is 5.91 Å². The second-order valence-corrected chi connectivity index (χ2v) is 7.23. The second-order valence-electron chi connectivity index (χ2n) is 4.30. The van der Waals surface area contributed by atoms with Gasteiger partial charge >= 0.3 is 0 Å². The summed E-state index contributed by atoms with van der Waals surface area (Å²) in [5.41, 5.74) is 0.815. The van der Waals surface area contributed by atoms with E-state index in [9.17, 15) is 4.79 Å². The third kappa shape index (κ3) is 3.32. The Morgan fingerprint density at radius 3 is 2.94 bits per heavy atom. The first kappa shape index (κ1) is 13.6. The summed E-state index contributed by atoms with van der Waals surface area (Å²) < 4.78 is 1.02. The van der Waals surface area contributed by atoms with Crippen molar-refractivity contribution >= 4 is 49.1 Å². The van der Waals surface area contributed by atoms with Crippen LogP contribution in [-0.4, -0.2) is 28.7 Å². The number of amides is 1. The minimum Gasteiger partial charge on any atom is -0.335 e. The molecule has 2 nitrogen and oxygen atoms in total. The number of thiophene rings is 1. The number of nitrogens with zero attached hydrogens (tertiary/aromatic N) is 1. The Morgan fingerprint density at radius 2 is 2.29 bits per heavy atom. The molecule has 1 aliphatic heterocycles. The van der Waals surface area contributed by atoms with Gasteiger partial charge in [-0.2, -0.15) is 0 Å². The van der Waals surface area contributed by atoms with Crippen LogP contribution in [-0.2, 0) is 0 Å². The Balaban J connectivity index is 2.15. The van der Waals surface area contributed by atoms with E-state index in [2.05, 4.69) is 31.9 Å². The average Bonchev–Trinajstić information content (AvgIpc) is 2.64. The monoisotopic (exact) mass is 379 g/mol. The zero-order chi connectivity index (χ0) is 12.3. The lowest BCUT2D eigenvalue weighted by molar-refractivity contribution is 0.0703. The summed E-state index contributed by atoms with van der Waals surface area (Å²) in [6, 6.07) is 2.27. The number of carbonyl (C=O) groups excluding carboxylic acids is 1. The molecule has 1 fully saturated rings. The van der Waals surface area contributed by atoms with E-state index in [0.717, 1.165) is 34.1 Å². The molecule has 0 aliphatic carbocycles. The molecule has 0 spiro atoms. The molecule has 2 heterocycles. The smallest absolute Gasteiger partial charge is 0.255 e. The molecule has 17 heavy (non-hydrogen) atoms. The summed E-state index contributed by atoms with van der Waals surface area (Å²) in [4.78, 5) is 14.5. The van der Waals surface area contributed by atoms with Crippen LogP contribution in [0.4, 0.5) is 0 Å². The fraction of sp³-hybridized carbons (Fsp3) is 0.583. The number of alkyl halides is 1. The Labute approximate surface area is 123 Å². The first-order valence-corrected chi connectivity index (χ1v) is 8.62. The van der Waals surface area contributed by atoms with Gasteiger partial charge in [0.1, 0.15) is 0 Å².